The number of fused-ring (bicyclic) bond motifs is 2. The number of carbonyl (C=O) groups excluding carboxylic acids is 4. The third-order valence-electron chi connectivity index (χ3n) is 8.28. The number of piperazine rings is 1. The summed E-state index contributed by atoms with van der Waals surface area (Å²) in [6.07, 6.45) is 1.79. The van der Waals surface area contributed by atoms with Crippen molar-refractivity contribution < 1.29 is 19.2 Å². The second-order valence-electron chi connectivity index (χ2n) is 11.3. The molecule has 0 aliphatic carbocycles. The molecule has 2 aliphatic heterocycles. The van der Waals surface area contributed by atoms with Crippen LogP contribution in [0.3, 0.4) is 0 Å². The van der Waals surface area contributed by atoms with Gasteiger partial charge in [0.2, 0.25) is 18.2 Å². The molecule has 46 heavy (non-hydrogen) atoms. The molecule has 0 saturated carbocycles. The lowest BCUT2D eigenvalue weighted by Gasteiger charge is -2.55. The van der Waals surface area contributed by atoms with E-state index in [1.54, 1.807) is 31.4 Å². The van der Waals surface area contributed by atoms with E-state index in [2.05, 4.69) is 22.2 Å². The van der Waals surface area contributed by atoms with Crippen LogP contribution in [0.15, 0.2) is 91.0 Å². The summed E-state index contributed by atoms with van der Waals surface area (Å²) >= 11 is 1.53. The smallest absolute Gasteiger partial charge is 0.334 e. The average molecular weight is 638 g/mol. The summed E-state index contributed by atoms with van der Waals surface area (Å²) in [5, 5.41) is 8.96. The van der Waals surface area contributed by atoms with E-state index >= 15 is 0 Å². The zero-order valence-corrected chi connectivity index (χ0v) is 26.1. The van der Waals surface area contributed by atoms with Crippen LogP contribution in [0.4, 0.5) is 4.79 Å². The maximum atomic E-state index is 14.4. The number of nitrogens with one attached hydrogen (secondary N) is 2. The first-order valence-electron chi connectivity index (χ1n) is 15.1. The van der Waals surface area contributed by atoms with Gasteiger partial charge in [-0.25, -0.2) is 19.8 Å². The first kappa shape index (κ1) is 30.9. The zero-order chi connectivity index (χ0) is 32.0. The van der Waals surface area contributed by atoms with Crippen molar-refractivity contribution in [3.63, 3.8) is 0 Å². The number of benzene rings is 3. The summed E-state index contributed by atoms with van der Waals surface area (Å²) in [5.74, 6) is -0.438. The summed E-state index contributed by atoms with van der Waals surface area (Å²) in [6.45, 7) is 5.10. The fourth-order valence-electron chi connectivity index (χ4n) is 6.23. The number of aromatic nitrogens is 1. The number of urea groups is 1. The Balaban J connectivity index is 1.36. The molecule has 3 aromatic carbocycles. The molecular formula is C34H35N7O4S. The second kappa shape index (κ2) is 13.9. The molecule has 1 aromatic heterocycles. The Morgan fingerprint density at radius 2 is 1.78 bits per heavy atom. The van der Waals surface area contributed by atoms with E-state index in [-0.39, 0.29) is 50.4 Å². The molecule has 5 amide bonds. The van der Waals surface area contributed by atoms with E-state index in [4.69, 9.17) is 0 Å². The molecule has 11 nitrogen and oxygen atoms in total. The van der Waals surface area contributed by atoms with Crippen molar-refractivity contribution in [2.24, 2.45) is 0 Å². The largest absolute Gasteiger partial charge is 0.355 e. The number of carbonyl (C=O) groups is 4. The number of hydrogen-bond acceptors (Lipinski definition) is 7. The standard InChI is InChI=1S/C34H35N7O4S/c1-2-14-39-21-31(43)40-28(16-25-10-6-11-26(15-25)17-35-22-42)33(44)38(19-27-12-7-13-29-32(27)37-23-46-29)20-30(40)41(39)34(45)36-18-24-8-4-3-5-9-24/h2-13,15,22-23,28,30H,1,14,16-21H2,(H,35,42)(H,36,45)/t28-,30-/m0/s1. The Hall–Kier alpha value is -5.07. The predicted octanol–water partition coefficient (Wildman–Crippen LogP) is 3.28. The first-order chi connectivity index (χ1) is 22.5. The molecule has 0 spiro atoms. The molecule has 0 radical (unpaired) electrons. The number of rotatable bonds is 11. The highest BCUT2D eigenvalue weighted by molar-refractivity contribution is 7.16. The maximum absolute atomic E-state index is 14.4. The number of hydrogen-bond donors (Lipinski definition) is 2. The van der Waals surface area contributed by atoms with Gasteiger partial charge < -0.3 is 20.4 Å². The minimum atomic E-state index is -0.856. The Morgan fingerprint density at radius 3 is 2.59 bits per heavy atom. The first-order valence-corrected chi connectivity index (χ1v) is 16.0. The molecule has 4 aromatic rings. The average Bonchev–Trinajstić information content (AvgIpc) is 3.55. The molecule has 3 heterocycles. The third kappa shape index (κ3) is 6.49. The lowest BCUT2D eigenvalue weighted by Crippen LogP contribution is -2.76. The third-order valence-corrected chi connectivity index (χ3v) is 9.07. The molecule has 236 valence electrons. The van der Waals surface area contributed by atoms with Crippen LogP contribution in [0.1, 0.15) is 22.3 Å². The molecule has 6 rings (SSSR count). The summed E-state index contributed by atoms with van der Waals surface area (Å²) in [5.41, 5.74) is 6.17. The van der Waals surface area contributed by atoms with Crippen molar-refractivity contribution in [2.45, 2.75) is 38.3 Å². The highest BCUT2D eigenvalue weighted by atomic mass is 32.1. The van der Waals surface area contributed by atoms with Gasteiger partial charge in [-0.15, -0.1) is 17.9 Å². The van der Waals surface area contributed by atoms with Crippen LogP contribution in [-0.4, -0.2) is 80.9 Å². The number of amides is 5. The number of hydrazine groups is 1. The normalized spacial score (nSPS) is 18.4. The lowest BCUT2D eigenvalue weighted by atomic mass is 9.97. The van der Waals surface area contributed by atoms with Gasteiger partial charge in [0.25, 0.3) is 0 Å². The minimum Gasteiger partial charge on any atom is -0.355 e. The van der Waals surface area contributed by atoms with E-state index in [0.29, 0.717) is 19.5 Å². The van der Waals surface area contributed by atoms with E-state index in [9.17, 15) is 19.2 Å². The Kier molecular flexibility index (Phi) is 9.36. The van der Waals surface area contributed by atoms with Crippen molar-refractivity contribution in [1.29, 1.82) is 0 Å². The van der Waals surface area contributed by atoms with Crippen molar-refractivity contribution >= 4 is 45.8 Å². The van der Waals surface area contributed by atoms with E-state index < -0.39 is 12.2 Å². The van der Waals surface area contributed by atoms with Gasteiger partial charge in [-0.3, -0.25) is 14.4 Å². The van der Waals surface area contributed by atoms with Gasteiger partial charge in [0.1, 0.15) is 12.2 Å². The quantitative estimate of drug-likeness (QED) is 0.193. The summed E-state index contributed by atoms with van der Waals surface area (Å²) in [7, 11) is 0. The van der Waals surface area contributed by atoms with E-state index in [1.807, 2.05) is 72.8 Å². The molecule has 2 atom stereocenters. The molecular weight excluding hydrogens is 602 g/mol. The Bertz CT molecular complexity index is 1750. The number of nitrogens with zero attached hydrogens (tertiary/aromatic N) is 5. The summed E-state index contributed by atoms with van der Waals surface area (Å²) < 4.78 is 1.02. The minimum absolute atomic E-state index is 0.0769. The van der Waals surface area contributed by atoms with Crippen LogP contribution in [-0.2, 0) is 40.4 Å². The van der Waals surface area contributed by atoms with Crippen LogP contribution in [0.5, 0.6) is 0 Å². The van der Waals surface area contributed by atoms with Gasteiger partial charge in [0, 0.05) is 32.6 Å². The topological polar surface area (TPSA) is 118 Å². The molecule has 0 unspecified atom stereocenters. The highest BCUT2D eigenvalue weighted by Crippen LogP contribution is 2.31. The fraction of sp³-hybridized carbons (Fsp3) is 0.265. The molecule has 2 N–H and O–H groups in total. The van der Waals surface area contributed by atoms with Gasteiger partial charge in [0.05, 0.1) is 28.8 Å². The zero-order valence-electron chi connectivity index (χ0n) is 25.2. The van der Waals surface area contributed by atoms with Crippen molar-refractivity contribution in [3.05, 3.63) is 113 Å². The Labute approximate surface area is 271 Å². The van der Waals surface area contributed by atoms with Crippen LogP contribution < -0.4 is 10.6 Å². The highest BCUT2D eigenvalue weighted by Gasteiger charge is 2.51. The predicted molar refractivity (Wildman–Crippen MR) is 175 cm³/mol. The second-order valence-corrected chi connectivity index (χ2v) is 12.2. The lowest BCUT2D eigenvalue weighted by molar-refractivity contribution is -0.189. The van der Waals surface area contributed by atoms with Crippen molar-refractivity contribution in [1.82, 2.24) is 35.4 Å². The van der Waals surface area contributed by atoms with Crippen LogP contribution in [0.2, 0.25) is 0 Å². The van der Waals surface area contributed by atoms with E-state index in [1.165, 1.54) is 11.3 Å². The summed E-state index contributed by atoms with van der Waals surface area (Å²) in [6, 6.07) is 21.9. The van der Waals surface area contributed by atoms with Crippen molar-refractivity contribution in [3.8, 4) is 0 Å². The molecule has 0 bridgehead atoms. The van der Waals surface area contributed by atoms with Crippen LogP contribution in [0.25, 0.3) is 10.2 Å². The van der Waals surface area contributed by atoms with Gasteiger partial charge in [-0.1, -0.05) is 72.8 Å². The number of para-hydroxylation sites is 1. The van der Waals surface area contributed by atoms with Gasteiger partial charge in [-0.2, -0.15) is 0 Å². The molecule has 12 heteroatoms. The van der Waals surface area contributed by atoms with Gasteiger partial charge >= 0.3 is 6.03 Å². The Morgan fingerprint density at radius 1 is 1.00 bits per heavy atom. The fourth-order valence-corrected chi connectivity index (χ4v) is 6.95. The maximum Gasteiger partial charge on any atom is 0.334 e. The van der Waals surface area contributed by atoms with Gasteiger partial charge in [-0.05, 0) is 28.3 Å². The monoisotopic (exact) mass is 637 g/mol. The summed E-state index contributed by atoms with van der Waals surface area (Å²) in [4.78, 5) is 61.0. The van der Waals surface area contributed by atoms with Crippen LogP contribution >= 0.6 is 11.3 Å². The SMILES string of the molecule is C=CCN1CC(=O)N2[C@@H](Cc3cccc(CNC=O)c3)C(=O)N(Cc3cccc4scnc34)C[C@@H]2N1C(=O)NCc1ccccc1. The number of thiazole rings is 1. The molecule has 2 aliphatic rings. The van der Waals surface area contributed by atoms with Crippen LogP contribution in [0, 0.1) is 0 Å². The van der Waals surface area contributed by atoms with E-state index in [0.717, 1.165) is 32.5 Å². The molecule has 2 fully saturated rings. The van der Waals surface area contributed by atoms with Crippen molar-refractivity contribution in [2.75, 3.05) is 19.6 Å². The van der Waals surface area contributed by atoms with Gasteiger partial charge in [0.15, 0.2) is 0 Å². The molecule has 2 saturated heterocycles.